The SMILES string of the molecule is CCON(c1cc(C)cc(F)c1)c1ncc2ncccc2n1. The molecule has 0 aliphatic heterocycles. The van der Waals surface area contributed by atoms with Gasteiger partial charge in [0.1, 0.15) is 11.3 Å². The van der Waals surface area contributed by atoms with E-state index >= 15 is 0 Å². The minimum atomic E-state index is -0.331. The molecule has 2 heterocycles. The number of hydrogen-bond acceptors (Lipinski definition) is 5. The Morgan fingerprint density at radius 1 is 1.18 bits per heavy atom. The minimum Gasteiger partial charge on any atom is -0.266 e. The summed E-state index contributed by atoms with van der Waals surface area (Å²) in [6.07, 6.45) is 3.30. The number of aryl methyl sites for hydroxylation is 1. The Balaban J connectivity index is 2.08. The second-order valence-electron chi connectivity index (χ2n) is 4.78. The molecule has 0 amide bonds. The van der Waals surface area contributed by atoms with Crippen LogP contribution in [0.1, 0.15) is 12.5 Å². The normalized spacial score (nSPS) is 10.9. The average molecular weight is 298 g/mol. The summed E-state index contributed by atoms with van der Waals surface area (Å²) >= 11 is 0. The van der Waals surface area contributed by atoms with Crippen LogP contribution in [0.4, 0.5) is 16.0 Å². The van der Waals surface area contributed by atoms with Gasteiger partial charge in [0, 0.05) is 12.3 Å². The number of rotatable bonds is 4. The lowest BCUT2D eigenvalue weighted by atomic mass is 10.2. The van der Waals surface area contributed by atoms with Crippen LogP contribution >= 0.6 is 0 Å². The molecule has 0 saturated heterocycles. The minimum absolute atomic E-state index is 0.331. The van der Waals surface area contributed by atoms with Crippen LogP contribution in [-0.2, 0) is 4.84 Å². The maximum Gasteiger partial charge on any atom is 0.255 e. The van der Waals surface area contributed by atoms with E-state index in [0.717, 1.165) is 5.56 Å². The van der Waals surface area contributed by atoms with Crippen LogP contribution in [0.25, 0.3) is 11.0 Å². The monoisotopic (exact) mass is 298 g/mol. The van der Waals surface area contributed by atoms with Crippen LogP contribution < -0.4 is 5.06 Å². The zero-order valence-corrected chi connectivity index (χ0v) is 12.3. The fourth-order valence-corrected chi connectivity index (χ4v) is 2.17. The molecule has 22 heavy (non-hydrogen) atoms. The molecule has 3 aromatic rings. The van der Waals surface area contributed by atoms with Crippen LogP contribution in [-0.4, -0.2) is 21.6 Å². The van der Waals surface area contributed by atoms with Gasteiger partial charge in [0.15, 0.2) is 0 Å². The molecule has 1 aromatic carbocycles. The quantitative estimate of drug-likeness (QED) is 0.689. The molecule has 0 bridgehead atoms. The van der Waals surface area contributed by atoms with Crippen LogP contribution in [0.3, 0.4) is 0 Å². The van der Waals surface area contributed by atoms with Crippen LogP contribution in [0.2, 0.25) is 0 Å². The van der Waals surface area contributed by atoms with Gasteiger partial charge in [-0.05, 0) is 43.7 Å². The van der Waals surface area contributed by atoms with E-state index in [1.165, 1.54) is 17.2 Å². The number of fused-ring (bicyclic) bond motifs is 1. The summed E-state index contributed by atoms with van der Waals surface area (Å²) in [5.74, 6) is 0.00880. The predicted octanol–water partition coefficient (Wildman–Crippen LogP) is 3.56. The molecule has 112 valence electrons. The first kappa shape index (κ1) is 14.3. The van der Waals surface area contributed by atoms with Gasteiger partial charge in [-0.25, -0.2) is 14.4 Å². The van der Waals surface area contributed by atoms with Gasteiger partial charge in [-0.15, -0.1) is 0 Å². The van der Waals surface area contributed by atoms with Gasteiger partial charge in [-0.2, -0.15) is 5.06 Å². The number of hydrogen-bond donors (Lipinski definition) is 0. The van der Waals surface area contributed by atoms with Crippen LogP contribution in [0.5, 0.6) is 0 Å². The van der Waals surface area contributed by atoms with Gasteiger partial charge in [-0.3, -0.25) is 9.82 Å². The van der Waals surface area contributed by atoms with Gasteiger partial charge >= 0.3 is 0 Å². The predicted molar refractivity (Wildman–Crippen MR) is 82.2 cm³/mol. The molecule has 0 saturated carbocycles. The molecular formula is C16H15FN4O. The summed E-state index contributed by atoms with van der Waals surface area (Å²) in [5, 5.41) is 1.43. The first-order valence-corrected chi connectivity index (χ1v) is 6.95. The summed E-state index contributed by atoms with van der Waals surface area (Å²) < 4.78 is 13.7. The van der Waals surface area contributed by atoms with Gasteiger partial charge in [0.2, 0.25) is 0 Å². The van der Waals surface area contributed by atoms with Crippen molar-refractivity contribution in [3.05, 3.63) is 54.1 Å². The van der Waals surface area contributed by atoms with Gasteiger partial charge in [0.25, 0.3) is 5.95 Å². The summed E-state index contributed by atoms with van der Waals surface area (Å²) in [7, 11) is 0. The third-order valence-corrected chi connectivity index (χ3v) is 3.04. The number of nitrogens with zero attached hydrogens (tertiary/aromatic N) is 4. The van der Waals surface area contributed by atoms with E-state index in [4.69, 9.17) is 4.84 Å². The highest BCUT2D eigenvalue weighted by atomic mass is 19.1. The number of pyridine rings is 1. The van der Waals surface area contributed by atoms with E-state index in [1.807, 2.05) is 26.0 Å². The Kier molecular flexibility index (Phi) is 3.93. The van der Waals surface area contributed by atoms with Crippen LogP contribution in [0, 0.1) is 12.7 Å². The maximum atomic E-state index is 13.7. The molecule has 2 aromatic heterocycles. The van der Waals surface area contributed by atoms with Crippen molar-refractivity contribution in [2.24, 2.45) is 0 Å². The van der Waals surface area contributed by atoms with E-state index in [2.05, 4.69) is 15.0 Å². The summed E-state index contributed by atoms with van der Waals surface area (Å²) in [6.45, 7) is 4.08. The molecule has 0 N–H and O–H groups in total. The Hall–Kier alpha value is -2.60. The lowest BCUT2D eigenvalue weighted by Crippen LogP contribution is -2.20. The molecule has 6 heteroatoms. The van der Waals surface area contributed by atoms with E-state index < -0.39 is 0 Å². The molecule has 5 nitrogen and oxygen atoms in total. The number of aromatic nitrogens is 3. The zero-order valence-electron chi connectivity index (χ0n) is 12.3. The molecule has 0 spiro atoms. The second kappa shape index (κ2) is 6.03. The number of halogens is 1. The zero-order chi connectivity index (χ0) is 15.5. The fourth-order valence-electron chi connectivity index (χ4n) is 2.17. The Bertz CT molecular complexity index is 789. The molecule has 0 atom stereocenters. The average Bonchev–Trinajstić information content (AvgIpc) is 2.51. The van der Waals surface area contributed by atoms with E-state index in [1.54, 1.807) is 18.5 Å². The van der Waals surface area contributed by atoms with Crippen molar-refractivity contribution in [1.29, 1.82) is 0 Å². The first-order valence-electron chi connectivity index (χ1n) is 6.95. The number of anilines is 2. The van der Waals surface area contributed by atoms with E-state index in [-0.39, 0.29) is 5.82 Å². The topological polar surface area (TPSA) is 51.1 Å². The second-order valence-corrected chi connectivity index (χ2v) is 4.78. The summed E-state index contributed by atoms with van der Waals surface area (Å²) in [5.41, 5.74) is 2.73. The van der Waals surface area contributed by atoms with Crippen LogP contribution in [0.15, 0.2) is 42.7 Å². The molecule has 0 radical (unpaired) electrons. The summed E-state index contributed by atoms with van der Waals surface area (Å²) in [6, 6.07) is 8.30. The third kappa shape index (κ3) is 2.87. The molecule has 0 fully saturated rings. The molecular weight excluding hydrogens is 283 g/mol. The molecule has 0 aliphatic rings. The largest absolute Gasteiger partial charge is 0.266 e. The molecule has 0 unspecified atom stereocenters. The standard InChI is InChI=1S/C16H15FN4O/c1-3-22-21(13-8-11(2)7-12(17)9-13)16-19-10-15-14(20-16)5-4-6-18-15/h4-10H,3H2,1-2H3. The van der Waals surface area contributed by atoms with Crippen molar-refractivity contribution in [1.82, 2.24) is 15.0 Å². The highest BCUT2D eigenvalue weighted by Crippen LogP contribution is 2.25. The Labute approximate surface area is 127 Å². The number of benzene rings is 1. The van der Waals surface area contributed by atoms with Gasteiger partial charge in [-0.1, -0.05) is 0 Å². The highest BCUT2D eigenvalue weighted by Gasteiger charge is 2.15. The smallest absolute Gasteiger partial charge is 0.255 e. The van der Waals surface area contributed by atoms with Gasteiger partial charge in [0.05, 0.1) is 24.0 Å². The van der Waals surface area contributed by atoms with Crippen molar-refractivity contribution < 1.29 is 9.23 Å². The lowest BCUT2D eigenvalue weighted by Gasteiger charge is -2.21. The van der Waals surface area contributed by atoms with Gasteiger partial charge < -0.3 is 0 Å². The van der Waals surface area contributed by atoms with Crippen molar-refractivity contribution >= 4 is 22.7 Å². The molecule has 0 aliphatic carbocycles. The summed E-state index contributed by atoms with van der Waals surface area (Å²) in [4.78, 5) is 18.5. The lowest BCUT2D eigenvalue weighted by molar-refractivity contribution is 0.145. The Morgan fingerprint density at radius 3 is 2.82 bits per heavy atom. The Morgan fingerprint density at radius 2 is 2.05 bits per heavy atom. The van der Waals surface area contributed by atoms with E-state index in [9.17, 15) is 4.39 Å². The maximum absolute atomic E-state index is 13.7. The first-order chi connectivity index (χ1) is 10.7. The van der Waals surface area contributed by atoms with Crippen molar-refractivity contribution in [3.8, 4) is 0 Å². The highest BCUT2D eigenvalue weighted by molar-refractivity contribution is 5.74. The molecule has 3 rings (SSSR count). The van der Waals surface area contributed by atoms with Crippen molar-refractivity contribution in [3.63, 3.8) is 0 Å². The van der Waals surface area contributed by atoms with E-state index in [0.29, 0.717) is 29.3 Å². The fraction of sp³-hybridized carbons (Fsp3) is 0.188. The third-order valence-electron chi connectivity index (χ3n) is 3.04. The van der Waals surface area contributed by atoms with Crippen molar-refractivity contribution in [2.75, 3.05) is 11.7 Å². The van der Waals surface area contributed by atoms with Crippen molar-refractivity contribution in [2.45, 2.75) is 13.8 Å².